The van der Waals surface area contributed by atoms with E-state index in [0.29, 0.717) is 15.7 Å². The van der Waals surface area contributed by atoms with E-state index in [1.807, 2.05) is 37.3 Å². The van der Waals surface area contributed by atoms with Crippen molar-refractivity contribution in [2.75, 3.05) is 0 Å². The summed E-state index contributed by atoms with van der Waals surface area (Å²) >= 11 is 7.30. The van der Waals surface area contributed by atoms with Crippen LogP contribution in [0, 0.1) is 5.82 Å². The second-order valence-corrected chi connectivity index (χ2v) is 5.78. The van der Waals surface area contributed by atoms with Crippen molar-refractivity contribution in [3.05, 3.63) is 64.4 Å². The van der Waals surface area contributed by atoms with Crippen molar-refractivity contribution >= 4 is 23.4 Å². The molecular weight excluding hydrogens is 281 g/mol. The van der Waals surface area contributed by atoms with Gasteiger partial charge in [0, 0.05) is 21.7 Å². The molecule has 0 aromatic heterocycles. The van der Waals surface area contributed by atoms with Gasteiger partial charge in [0.2, 0.25) is 0 Å². The van der Waals surface area contributed by atoms with Crippen LogP contribution in [0.15, 0.2) is 47.4 Å². The Morgan fingerprint density at radius 1 is 1.21 bits per heavy atom. The molecule has 0 saturated heterocycles. The molecule has 0 bridgehead atoms. The van der Waals surface area contributed by atoms with Crippen LogP contribution in [0.2, 0.25) is 5.02 Å². The molecule has 0 heterocycles. The molecule has 0 radical (unpaired) electrons. The normalized spacial score (nSPS) is 12.4. The van der Waals surface area contributed by atoms with Crippen LogP contribution in [0.5, 0.6) is 0 Å². The average molecular weight is 296 g/mol. The first-order valence-corrected chi connectivity index (χ1v) is 7.35. The van der Waals surface area contributed by atoms with Crippen LogP contribution in [-0.4, -0.2) is 0 Å². The summed E-state index contributed by atoms with van der Waals surface area (Å²) in [7, 11) is 0. The van der Waals surface area contributed by atoms with E-state index in [9.17, 15) is 4.39 Å². The highest BCUT2D eigenvalue weighted by atomic mass is 35.5. The Kier molecular flexibility index (Phi) is 4.86. The van der Waals surface area contributed by atoms with Crippen LogP contribution in [0.25, 0.3) is 0 Å². The Balaban J connectivity index is 2.17. The molecule has 0 aliphatic carbocycles. The quantitative estimate of drug-likeness (QED) is 0.821. The van der Waals surface area contributed by atoms with Gasteiger partial charge in [-0.2, -0.15) is 0 Å². The third kappa shape index (κ3) is 3.72. The molecule has 0 aliphatic heterocycles. The van der Waals surface area contributed by atoms with Crippen LogP contribution in [0.3, 0.4) is 0 Å². The van der Waals surface area contributed by atoms with Gasteiger partial charge in [0.25, 0.3) is 0 Å². The van der Waals surface area contributed by atoms with Crippen molar-refractivity contribution in [1.82, 2.24) is 0 Å². The molecule has 0 unspecified atom stereocenters. The van der Waals surface area contributed by atoms with Crippen molar-refractivity contribution < 1.29 is 4.39 Å². The topological polar surface area (TPSA) is 26.0 Å². The summed E-state index contributed by atoms with van der Waals surface area (Å²) in [6.07, 6.45) is 0. The van der Waals surface area contributed by atoms with Crippen LogP contribution in [0.4, 0.5) is 4.39 Å². The predicted octanol–water partition coefficient (Wildman–Crippen LogP) is 4.79. The maximum atomic E-state index is 13.9. The molecule has 0 amide bonds. The summed E-state index contributed by atoms with van der Waals surface area (Å²) in [5, 5.41) is 0.705. The minimum absolute atomic E-state index is 0.177. The van der Waals surface area contributed by atoms with Gasteiger partial charge in [0.05, 0.1) is 0 Å². The minimum atomic E-state index is -0.214. The number of halogens is 2. The monoisotopic (exact) mass is 295 g/mol. The van der Waals surface area contributed by atoms with Gasteiger partial charge in [0.15, 0.2) is 0 Å². The molecule has 19 heavy (non-hydrogen) atoms. The van der Waals surface area contributed by atoms with E-state index in [0.717, 1.165) is 11.1 Å². The zero-order valence-corrected chi connectivity index (χ0v) is 12.1. The predicted molar refractivity (Wildman–Crippen MR) is 80.0 cm³/mol. The molecule has 2 rings (SSSR count). The molecule has 0 aliphatic rings. The molecule has 1 atom stereocenters. The van der Waals surface area contributed by atoms with E-state index in [1.54, 1.807) is 6.07 Å². The average Bonchev–Trinajstić information content (AvgIpc) is 2.39. The van der Waals surface area contributed by atoms with Crippen LogP contribution >= 0.6 is 23.4 Å². The summed E-state index contributed by atoms with van der Waals surface area (Å²) in [6.45, 7) is 1.86. The second kappa shape index (κ2) is 6.42. The number of thioether (sulfide) groups is 1. The van der Waals surface area contributed by atoms with Crippen molar-refractivity contribution in [3.63, 3.8) is 0 Å². The number of hydrogen-bond acceptors (Lipinski definition) is 2. The largest absolute Gasteiger partial charge is 0.324 e. The van der Waals surface area contributed by atoms with Crippen molar-refractivity contribution in [2.24, 2.45) is 5.73 Å². The molecule has 2 aromatic rings. The van der Waals surface area contributed by atoms with Crippen molar-refractivity contribution in [3.8, 4) is 0 Å². The van der Waals surface area contributed by atoms with Gasteiger partial charge in [-0.1, -0.05) is 35.9 Å². The third-order valence-corrected chi connectivity index (χ3v) is 4.23. The zero-order chi connectivity index (χ0) is 13.8. The Labute approximate surface area is 122 Å². The lowest BCUT2D eigenvalue weighted by Crippen LogP contribution is -2.07. The number of benzene rings is 2. The first-order valence-electron chi connectivity index (χ1n) is 5.99. The molecule has 0 spiro atoms. The lowest BCUT2D eigenvalue weighted by molar-refractivity contribution is 0.591. The summed E-state index contributed by atoms with van der Waals surface area (Å²) in [6, 6.07) is 12.4. The van der Waals surface area contributed by atoms with Gasteiger partial charge in [-0.05, 0) is 36.2 Å². The van der Waals surface area contributed by atoms with E-state index in [1.165, 1.54) is 17.8 Å². The fourth-order valence-electron chi connectivity index (χ4n) is 1.77. The van der Waals surface area contributed by atoms with Gasteiger partial charge < -0.3 is 5.73 Å². The minimum Gasteiger partial charge on any atom is -0.324 e. The summed E-state index contributed by atoms with van der Waals surface area (Å²) in [5.74, 6) is 0.478. The fourth-order valence-corrected chi connectivity index (χ4v) is 3.03. The molecule has 0 fully saturated rings. The zero-order valence-electron chi connectivity index (χ0n) is 10.6. The highest BCUT2D eigenvalue weighted by Gasteiger charge is 2.12. The number of rotatable bonds is 4. The molecule has 2 N–H and O–H groups in total. The lowest BCUT2D eigenvalue weighted by atomic mass is 10.1. The maximum Gasteiger partial charge on any atom is 0.137 e. The first-order chi connectivity index (χ1) is 9.08. The highest BCUT2D eigenvalue weighted by molar-refractivity contribution is 7.98. The van der Waals surface area contributed by atoms with Crippen LogP contribution in [-0.2, 0) is 5.75 Å². The smallest absolute Gasteiger partial charge is 0.137 e. The molecule has 4 heteroatoms. The van der Waals surface area contributed by atoms with E-state index in [-0.39, 0.29) is 11.9 Å². The van der Waals surface area contributed by atoms with Crippen LogP contribution in [0.1, 0.15) is 24.1 Å². The third-order valence-electron chi connectivity index (χ3n) is 2.78. The molecule has 1 nitrogen and oxygen atoms in total. The Morgan fingerprint density at radius 3 is 2.53 bits per heavy atom. The van der Waals surface area contributed by atoms with Gasteiger partial charge in [0.1, 0.15) is 5.82 Å². The standard InChI is InChI=1S/C15H15ClFNS/c1-10(18)13-3-2-4-14(17)15(13)19-9-11-5-7-12(16)8-6-11/h2-8,10H,9,18H2,1H3/t10-/m0/s1. The molecule has 0 saturated carbocycles. The Bertz CT molecular complexity index is 555. The molecular formula is C15H15ClFNS. The van der Waals surface area contributed by atoms with E-state index < -0.39 is 0 Å². The summed E-state index contributed by atoms with van der Waals surface area (Å²) in [4.78, 5) is 0.632. The fraction of sp³-hybridized carbons (Fsp3) is 0.200. The van der Waals surface area contributed by atoms with Gasteiger partial charge >= 0.3 is 0 Å². The Morgan fingerprint density at radius 2 is 1.89 bits per heavy atom. The summed E-state index contributed by atoms with van der Waals surface area (Å²) in [5.41, 5.74) is 7.83. The highest BCUT2D eigenvalue weighted by Crippen LogP contribution is 2.31. The Hall–Kier alpha value is -1.03. The van der Waals surface area contributed by atoms with Gasteiger partial charge in [-0.25, -0.2) is 4.39 Å². The maximum absolute atomic E-state index is 13.9. The summed E-state index contributed by atoms with van der Waals surface area (Å²) < 4.78 is 13.9. The van der Waals surface area contributed by atoms with E-state index in [2.05, 4.69) is 0 Å². The molecule has 2 aromatic carbocycles. The molecule has 100 valence electrons. The number of nitrogens with two attached hydrogens (primary N) is 1. The SMILES string of the molecule is C[C@H](N)c1cccc(F)c1SCc1ccc(Cl)cc1. The second-order valence-electron chi connectivity index (χ2n) is 4.36. The first kappa shape index (κ1) is 14.4. The van der Waals surface area contributed by atoms with Gasteiger partial charge in [-0.15, -0.1) is 11.8 Å². The van der Waals surface area contributed by atoms with E-state index >= 15 is 0 Å². The van der Waals surface area contributed by atoms with Gasteiger partial charge in [-0.3, -0.25) is 0 Å². The van der Waals surface area contributed by atoms with E-state index in [4.69, 9.17) is 17.3 Å². The van der Waals surface area contributed by atoms with Crippen LogP contribution < -0.4 is 5.73 Å². The number of hydrogen-bond donors (Lipinski definition) is 1. The van der Waals surface area contributed by atoms with Crippen molar-refractivity contribution in [2.45, 2.75) is 23.6 Å². The van der Waals surface area contributed by atoms with Crippen molar-refractivity contribution in [1.29, 1.82) is 0 Å². The lowest BCUT2D eigenvalue weighted by Gasteiger charge is -2.13.